The lowest BCUT2D eigenvalue weighted by molar-refractivity contribution is 0.598. The average molecular weight is 353 g/mol. The van der Waals surface area contributed by atoms with Gasteiger partial charge in [0.05, 0.1) is 4.90 Å². The number of hydrogen-bond acceptors (Lipinski definition) is 2. The Bertz CT molecular complexity index is 1010. The molecule has 0 saturated carbocycles. The van der Waals surface area contributed by atoms with Crippen LogP contribution in [-0.2, 0) is 10.0 Å². The van der Waals surface area contributed by atoms with E-state index in [1.165, 1.54) is 16.7 Å². The lowest BCUT2D eigenvalue weighted by atomic mass is 9.89. The van der Waals surface area contributed by atoms with Crippen LogP contribution in [-0.4, -0.2) is 8.42 Å². The SMILES string of the molecule is CC1=CC(C)C(C)=C1c1ccccc1-c1cc(C)ccc1S(N)(=O)=O. The Morgan fingerprint density at radius 2 is 1.56 bits per heavy atom. The van der Waals surface area contributed by atoms with Crippen molar-refractivity contribution < 1.29 is 8.42 Å². The van der Waals surface area contributed by atoms with Gasteiger partial charge >= 0.3 is 0 Å². The van der Waals surface area contributed by atoms with E-state index in [-0.39, 0.29) is 4.90 Å². The molecule has 0 fully saturated rings. The van der Waals surface area contributed by atoms with Gasteiger partial charge in [0.1, 0.15) is 0 Å². The third kappa shape index (κ3) is 3.20. The van der Waals surface area contributed by atoms with E-state index in [1.807, 2.05) is 31.2 Å². The highest BCUT2D eigenvalue weighted by atomic mass is 32.2. The molecule has 130 valence electrons. The lowest BCUT2D eigenvalue weighted by Crippen LogP contribution is -2.13. The Labute approximate surface area is 149 Å². The van der Waals surface area contributed by atoms with Gasteiger partial charge in [-0.15, -0.1) is 0 Å². The van der Waals surface area contributed by atoms with E-state index in [9.17, 15) is 8.42 Å². The Kier molecular flexibility index (Phi) is 4.43. The zero-order chi connectivity index (χ0) is 18.4. The second-order valence-corrected chi connectivity index (χ2v) is 8.32. The number of hydrogen-bond donors (Lipinski definition) is 1. The van der Waals surface area contributed by atoms with Gasteiger partial charge in [-0.25, -0.2) is 13.6 Å². The van der Waals surface area contributed by atoms with Crippen molar-refractivity contribution in [3.8, 4) is 11.1 Å². The molecule has 0 aromatic heterocycles. The van der Waals surface area contributed by atoms with Crippen LogP contribution in [0.3, 0.4) is 0 Å². The molecule has 4 heteroatoms. The number of benzene rings is 2. The second kappa shape index (κ2) is 6.28. The van der Waals surface area contributed by atoms with Gasteiger partial charge in [-0.1, -0.05) is 60.5 Å². The van der Waals surface area contributed by atoms with Crippen molar-refractivity contribution in [2.24, 2.45) is 11.1 Å². The summed E-state index contributed by atoms with van der Waals surface area (Å²) in [6, 6.07) is 13.2. The summed E-state index contributed by atoms with van der Waals surface area (Å²) < 4.78 is 24.2. The van der Waals surface area contributed by atoms with Crippen molar-refractivity contribution in [2.45, 2.75) is 32.6 Å². The first-order valence-electron chi connectivity index (χ1n) is 8.33. The first-order chi connectivity index (χ1) is 11.7. The molecule has 1 atom stereocenters. The molecule has 0 aliphatic heterocycles. The molecule has 1 aliphatic carbocycles. The van der Waals surface area contributed by atoms with Gasteiger partial charge in [0.25, 0.3) is 0 Å². The molecule has 2 N–H and O–H groups in total. The standard InChI is InChI=1S/C21H23NO2S/c1-13-9-10-20(25(22,23)24)19(11-13)17-7-5-6-8-18(17)21-15(3)12-14(2)16(21)4/h5-12,14H,1-4H3,(H2,22,23,24). The van der Waals surface area contributed by atoms with E-state index < -0.39 is 10.0 Å². The Morgan fingerprint density at radius 1 is 0.920 bits per heavy atom. The van der Waals surface area contributed by atoms with Gasteiger partial charge in [0.2, 0.25) is 10.0 Å². The van der Waals surface area contributed by atoms with Crippen molar-refractivity contribution in [1.82, 2.24) is 0 Å². The summed E-state index contributed by atoms with van der Waals surface area (Å²) in [5.41, 5.74) is 7.32. The number of allylic oxidation sites excluding steroid dienone is 4. The van der Waals surface area contributed by atoms with Crippen molar-refractivity contribution >= 4 is 15.6 Å². The highest BCUT2D eigenvalue weighted by molar-refractivity contribution is 7.89. The molecular weight excluding hydrogens is 330 g/mol. The van der Waals surface area contributed by atoms with E-state index in [1.54, 1.807) is 12.1 Å². The van der Waals surface area contributed by atoms with Crippen molar-refractivity contribution in [2.75, 3.05) is 0 Å². The molecule has 0 heterocycles. The maximum Gasteiger partial charge on any atom is 0.238 e. The number of aryl methyl sites for hydroxylation is 1. The summed E-state index contributed by atoms with van der Waals surface area (Å²) in [6.45, 7) is 8.37. The molecule has 25 heavy (non-hydrogen) atoms. The smallest absolute Gasteiger partial charge is 0.225 e. The van der Waals surface area contributed by atoms with Gasteiger partial charge in [0.15, 0.2) is 0 Å². The molecule has 1 unspecified atom stereocenters. The Morgan fingerprint density at radius 3 is 2.12 bits per heavy atom. The molecule has 0 saturated heterocycles. The van der Waals surface area contributed by atoms with Gasteiger partial charge < -0.3 is 0 Å². The molecule has 3 nitrogen and oxygen atoms in total. The highest BCUT2D eigenvalue weighted by Crippen LogP contribution is 2.42. The van der Waals surface area contributed by atoms with Crippen LogP contribution in [0.1, 0.15) is 31.9 Å². The minimum absolute atomic E-state index is 0.163. The molecular formula is C21H23NO2S. The van der Waals surface area contributed by atoms with Crippen LogP contribution < -0.4 is 5.14 Å². The van der Waals surface area contributed by atoms with Crippen LogP contribution in [0.15, 0.2) is 64.6 Å². The molecule has 0 spiro atoms. The van der Waals surface area contributed by atoms with Crippen molar-refractivity contribution in [3.05, 3.63) is 70.8 Å². The quantitative estimate of drug-likeness (QED) is 0.871. The number of nitrogens with two attached hydrogens (primary N) is 1. The summed E-state index contributed by atoms with van der Waals surface area (Å²) in [5, 5.41) is 5.47. The van der Waals surface area contributed by atoms with Crippen LogP contribution in [0, 0.1) is 12.8 Å². The molecule has 0 amide bonds. The zero-order valence-electron chi connectivity index (χ0n) is 15.0. The van der Waals surface area contributed by atoms with Crippen LogP contribution in [0.5, 0.6) is 0 Å². The summed E-state index contributed by atoms with van der Waals surface area (Å²) in [4.78, 5) is 0.163. The summed E-state index contributed by atoms with van der Waals surface area (Å²) >= 11 is 0. The van der Waals surface area contributed by atoms with Gasteiger partial charge in [-0.3, -0.25) is 0 Å². The summed E-state index contributed by atoms with van der Waals surface area (Å²) in [7, 11) is -3.81. The van der Waals surface area contributed by atoms with Crippen molar-refractivity contribution in [1.29, 1.82) is 0 Å². The van der Waals surface area contributed by atoms with Gasteiger partial charge in [-0.2, -0.15) is 0 Å². The molecule has 0 bridgehead atoms. The minimum atomic E-state index is -3.81. The zero-order valence-corrected chi connectivity index (χ0v) is 15.8. The predicted molar refractivity (Wildman–Crippen MR) is 104 cm³/mol. The minimum Gasteiger partial charge on any atom is -0.225 e. The first kappa shape index (κ1) is 17.6. The maximum absolute atomic E-state index is 12.1. The van der Waals surface area contributed by atoms with Gasteiger partial charge in [0, 0.05) is 5.56 Å². The van der Waals surface area contributed by atoms with E-state index in [4.69, 9.17) is 5.14 Å². The lowest BCUT2D eigenvalue weighted by Gasteiger charge is -2.17. The van der Waals surface area contributed by atoms with Crippen LogP contribution >= 0.6 is 0 Å². The summed E-state index contributed by atoms with van der Waals surface area (Å²) in [6.07, 6.45) is 2.25. The fourth-order valence-electron chi connectivity index (χ4n) is 3.59. The monoisotopic (exact) mass is 353 g/mol. The van der Waals surface area contributed by atoms with Crippen LogP contribution in [0.2, 0.25) is 0 Å². The van der Waals surface area contributed by atoms with Crippen LogP contribution in [0.4, 0.5) is 0 Å². The number of rotatable bonds is 3. The Hall–Kier alpha value is -2.17. The fourth-order valence-corrected chi connectivity index (χ4v) is 4.32. The first-order valence-corrected chi connectivity index (χ1v) is 9.87. The number of primary sulfonamides is 1. The molecule has 2 aromatic carbocycles. The molecule has 0 radical (unpaired) electrons. The van der Waals surface area contributed by atoms with E-state index in [2.05, 4.69) is 32.9 Å². The highest BCUT2D eigenvalue weighted by Gasteiger charge is 2.23. The Balaban J connectivity index is 2.33. The fraction of sp³-hybridized carbons (Fsp3) is 0.238. The number of sulfonamides is 1. The molecule has 2 aromatic rings. The largest absolute Gasteiger partial charge is 0.238 e. The topological polar surface area (TPSA) is 60.2 Å². The third-order valence-electron chi connectivity index (χ3n) is 4.90. The summed E-state index contributed by atoms with van der Waals surface area (Å²) in [5.74, 6) is 0.387. The molecule has 1 aliphatic rings. The molecule has 3 rings (SSSR count). The normalized spacial score (nSPS) is 17.8. The van der Waals surface area contributed by atoms with E-state index in [0.29, 0.717) is 11.5 Å². The van der Waals surface area contributed by atoms with Crippen molar-refractivity contribution in [3.63, 3.8) is 0 Å². The van der Waals surface area contributed by atoms with E-state index >= 15 is 0 Å². The van der Waals surface area contributed by atoms with Crippen LogP contribution in [0.25, 0.3) is 16.7 Å². The van der Waals surface area contributed by atoms with Gasteiger partial charge in [-0.05, 0) is 55.0 Å². The average Bonchev–Trinajstić information content (AvgIpc) is 2.78. The second-order valence-electron chi connectivity index (χ2n) is 6.79. The third-order valence-corrected chi connectivity index (χ3v) is 5.87. The maximum atomic E-state index is 12.1. The van der Waals surface area contributed by atoms with E-state index in [0.717, 1.165) is 16.7 Å². The predicted octanol–water partition coefficient (Wildman–Crippen LogP) is 4.68.